The highest BCUT2D eigenvalue weighted by molar-refractivity contribution is 7.98. The van der Waals surface area contributed by atoms with E-state index in [2.05, 4.69) is 24.1 Å². The standard InChI is InChI=1S/C34H41N3O4S/c1-7-23-11-10-14-26(20-23)30(31(38)35-27-16-15-24-12-8-9-13-25(24)21-27)37(29-19-22(29)2)32(39)28(17-18-42-6)36-33(40)41-34(3,4)5/h7-16,20-22,28-30H,1,17-19H2,2-6H3,(H,35,38)(H,36,40). The third-order valence-corrected chi connectivity index (χ3v) is 7.93. The number of fused-ring (bicyclic) bond motifs is 1. The minimum atomic E-state index is -0.920. The number of carbonyl (C=O) groups excluding carboxylic acids is 3. The first-order chi connectivity index (χ1) is 20.0. The second-order valence-corrected chi connectivity index (χ2v) is 12.8. The maximum atomic E-state index is 14.4. The van der Waals surface area contributed by atoms with Crippen molar-refractivity contribution in [2.45, 2.75) is 64.3 Å². The SMILES string of the molecule is C=Cc1cccc(C(C(=O)Nc2ccc3ccccc3c2)N(C(=O)C(CCSC)NC(=O)OC(C)(C)C)C2CC2C)c1. The first-order valence-electron chi connectivity index (χ1n) is 14.3. The van der Waals surface area contributed by atoms with Gasteiger partial charge in [0.15, 0.2) is 0 Å². The molecule has 2 N–H and O–H groups in total. The molecule has 0 saturated heterocycles. The number of benzene rings is 3. The minimum absolute atomic E-state index is 0.144. The normalized spacial score (nSPS) is 17.5. The predicted molar refractivity (Wildman–Crippen MR) is 172 cm³/mol. The summed E-state index contributed by atoms with van der Waals surface area (Å²) in [6.45, 7) is 11.3. The molecule has 4 unspecified atom stereocenters. The third-order valence-electron chi connectivity index (χ3n) is 7.28. The number of carbonyl (C=O) groups is 3. The molecule has 7 nitrogen and oxygen atoms in total. The summed E-state index contributed by atoms with van der Waals surface area (Å²) in [6.07, 6.45) is 4.20. The first kappa shape index (κ1) is 31.2. The van der Waals surface area contributed by atoms with Gasteiger partial charge in [0.05, 0.1) is 0 Å². The van der Waals surface area contributed by atoms with Crippen molar-refractivity contribution < 1.29 is 19.1 Å². The molecule has 0 aliphatic heterocycles. The summed E-state index contributed by atoms with van der Waals surface area (Å²) in [7, 11) is 0. The van der Waals surface area contributed by atoms with Gasteiger partial charge in [0, 0.05) is 11.7 Å². The lowest BCUT2D eigenvalue weighted by Crippen LogP contribution is -2.53. The Morgan fingerprint density at radius 3 is 2.43 bits per heavy atom. The van der Waals surface area contributed by atoms with Crippen molar-refractivity contribution in [1.82, 2.24) is 10.2 Å². The number of nitrogens with one attached hydrogen (secondary N) is 2. The smallest absolute Gasteiger partial charge is 0.408 e. The maximum Gasteiger partial charge on any atom is 0.408 e. The number of hydrogen-bond donors (Lipinski definition) is 2. The Labute approximate surface area is 253 Å². The molecule has 222 valence electrons. The van der Waals surface area contributed by atoms with Gasteiger partial charge in [-0.15, -0.1) is 0 Å². The van der Waals surface area contributed by atoms with Crippen molar-refractivity contribution >= 4 is 52.2 Å². The van der Waals surface area contributed by atoms with E-state index in [-0.39, 0.29) is 23.8 Å². The van der Waals surface area contributed by atoms with E-state index in [0.29, 0.717) is 23.4 Å². The van der Waals surface area contributed by atoms with Gasteiger partial charge in [-0.25, -0.2) is 4.79 Å². The van der Waals surface area contributed by atoms with Crippen molar-refractivity contribution in [2.75, 3.05) is 17.3 Å². The number of alkyl carbamates (subject to hydrolysis) is 1. The summed E-state index contributed by atoms with van der Waals surface area (Å²) >= 11 is 1.59. The summed E-state index contributed by atoms with van der Waals surface area (Å²) in [6, 6.07) is 19.3. The Morgan fingerprint density at radius 2 is 1.79 bits per heavy atom. The van der Waals surface area contributed by atoms with Gasteiger partial charge >= 0.3 is 6.09 Å². The fourth-order valence-corrected chi connectivity index (χ4v) is 5.54. The lowest BCUT2D eigenvalue weighted by Gasteiger charge is -2.35. The average Bonchev–Trinajstić information content (AvgIpc) is 3.67. The van der Waals surface area contributed by atoms with Crippen LogP contribution in [-0.4, -0.2) is 52.5 Å². The van der Waals surface area contributed by atoms with Crippen LogP contribution in [0.4, 0.5) is 10.5 Å². The maximum absolute atomic E-state index is 14.4. The van der Waals surface area contributed by atoms with Gasteiger partial charge in [-0.1, -0.05) is 68.1 Å². The van der Waals surface area contributed by atoms with Gasteiger partial charge in [0.2, 0.25) is 5.91 Å². The Kier molecular flexibility index (Phi) is 9.99. The zero-order valence-electron chi connectivity index (χ0n) is 25.1. The van der Waals surface area contributed by atoms with Crippen LogP contribution in [0.1, 0.15) is 57.7 Å². The van der Waals surface area contributed by atoms with Crippen molar-refractivity contribution in [1.29, 1.82) is 0 Å². The molecule has 0 spiro atoms. The van der Waals surface area contributed by atoms with Gasteiger partial charge in [-0.05, 0) is 91.6 Å². The fraction of sp³-hybridized carbons (Fsp3) is 0.382. The highest BCUT2D eigenvalue weighted by Gasteiger charge is 2.48. The molecule has 4 rings (SSSR count). The van der Waals surface area contributed by atoms with Crippen LogP contribution >= 0.6 is 11.8 Å². The average molecular weight is 588 g/mol. The molecule has 3 aromatic rings. The Morgan fingerprint density at radius 1 is 1.07 bits per heavy atom. The molecule has 0 bridgehead atoms. The Bertz CT molecular complexity index is 1450. The molecule has 8 heteroatoms. The van der Waals surface area contributed by atoms with Crippen LogP contribution in [0, 0.1) is 5.92 Å². The van der Waals surface area contributed by atoms with Crippen LogP contribution in [0.3, 0.4) is 0 Å². The zero-order chi connectivity index (χ0) is 30.4. The molecular formula is C34H41N3O4S. The molecular weight excluding hydrogens is 546 g/mol. The van der Waals surface area contributed by atoms with Crippen LogP contribution in [-0.2, 0) is 14.3 Å². The number of anilines is 1. The topological polar surface area (TPSA) is 87.7 Å². The molecule has 0 heterocycles. The van der Waals surface area contributed by atoms with E-state index in [9.17, 15) is 14.4 Å². The first-order valence-corrected chi connectivity index (χ1v) is 15.7. The largest absolute Gasteiger partial charge is 0.444 e. The lowest BCUT2D eigenvalue weighted by atomic mass is 9.99. The minimum Gasteiger partial charge on any atom is -0.444 e. The Hall–Kier alpha value is -3.78. The summed E-state index contributed by atoms with van der Waals surface area (Å²) in [5.41, 5.74) is 1.46. The summed E-state index contributed by atoms with van der Waals surface area (Å²) in [4.78, 5) is 43.2. The van der Waals surface area contributed by atoms with Crippen molar-refractivity contribution in [2.24, 2.45) is 5.92 Å². The van der Waals surface area contributed by atoms with Crippen molar-refractivity contribution in [3.05, 3.63) is 84.4 Å². The van der Waals surface area contributed by atoms with Gasteiger partial charge in [0.25, 0.3) is 5.91 Å². The van der Waals surface area contributed by atoms with E-state index in [4.69, 9.17) is 4.74 Å². The van der Waals surface area contributed by atoms with Crippen LogP contribution in [0.15, 0.2) is 73.3 Å². The molecule has 1 aliphatic carbocycles. The second-order valence-electron chi connectivity index (χ2n) is 11.8. The second kappa shape index (κ2) is 13.5. The number of rotatable bonds is 11. The van der Waals surface area contributed by atoms with Crippen LogP contribution in [0.2, 0.25) is 0 Å². The molecule has 1 aliphatic rings. The third kappa shape index (κ3) is 7.94. The summed E-state index contributed by atoms with van der Waals surface area (Å²) in [5, 5.41) is 7.96. The fourth-order valence-electron chi connectivity index (χ4n) is 5.07. The summed E-state index contributed by atoms with van der Waals surface area (Å²) in [5.74, 6) is 0.252. The van der Waals surface area contributed by atoms with E-state index in [1.807, 2.05) is 73.0 Å². The van der Waals surface area contributed by atoms with Gasteiger partial charge in [-0.3, -0.25) is 9.59 Å². The van der Waals surface area contributed by atoms with Gasteiger partial charge in [0.1, 0.15) is 17.7 Å². The zero-order valence-corrected chi connectivity index (χ0v) is 25.9. The van der Waals surface area contributed by atoms with Crippen LogP contribution < -0.4 is 10.6 Å². The predicted octanol–water partition coefficient (Wildman–Crippen LogP) is 7.05. The molecule has 1 saturated carbocycles. The monoisotopic (exact) mass is 587 g/mol. The van der Waals surface area contributed by atoms with Gasteiger partial charge in [-0.2, -0.15) is 11.8 Å². The lowest BCUT2D eigenvalue weighted by molar-refractivity contribution is -0.141. The number of nitrogens with zero attached hydrogens (tertiary/aromatic N) is 1. The highest BCUT2D eigenvalue weighted by Crippen LogP contribution is 2.41. The molecule has 0 radical (unpaired) electrons. The molecule has 4 atom stereocenters. The van der Waals surface area contributed by atoms with E-state index >= 15 is 0 Å². The van der Waals surface area contributed by atoms with E-state index in [0.717, 1.165) is 22.8 Å². The van der Waals surface area contributed by atoms with Crippen LogP contribution in [0.5, 0.6) is 0 Å². The summed E-state index contributed by atoms with van der Waals surface area (Å²) < 4.78 is 5.49. The number of ether oxygens (including phenoxy) is 1. The quantitative estimate of drug-likeness (QED) is 0.251. The number of thioether (sulfide) groups is 1. The van der Waals surface area contributed by atoms with Crippen LogP contribution in [0.25, 0.3) is 16.8 Å². The van der Waals surface area contributed by atoms with E-state index in [1.165, 1.54) is 0 Å². The molecule has 3 aromatic carbocycles. The van der Waals surface area contributed by atoms with Gasteiger partial charge < -0.3 is 20.3 Å². The van der Waals surface area contributed by atoms with E-state index in [1.54, 1.807) is 43.5 Å². The Balaban J connectivity index is 1.73. The molecule has 1 fully saturated rings. The number of amides is 3. The highest BCUT2D eigenvalue weighted by atomic mass is 32.2. The van der Waals surface area contributed by atoms with Crippen molar-refractivity contribution in [3.8, 4) is 0 Å². The molecule has 3 amide bonds. The number of hydrogen-bond acceptors (Lipinski definition) is 5. The van der Waals surface area contributed by atoms with Crippen molar-refractivity contribution in [3.63, 3.8) is 0 Å². The molecule has 42 heavy (non-hydrogen) atoms. The van der Waals surface area contributed by atoms with E-state index < -0.39 is 23.8 Å². The molecule has 0 aromatic heterocycles.